The van der Waals surface area contributed by atoms with Gasteiger partial charge in [0, 0.05) is 12.8 Å². The van der Waals surface area contributed by atoms with Crippen LogP contribution in [-0.2, 0) is 41.8 Å². The van der Waals surface area contributed by atoms with Crippen molar-refractivity contribution in [3.63, 3.8) is 0 Å². The fourth-order valence-electron chi connectivity index (χ4n) is 6.55. The second kappa shape index (κ2) is 40.1. The number of ether oxygens (including phenoxy) is 2. The number of aliphatic hydroxyl groups is 5. The van der Waals surface area contributed by atoms with Crippen LogP contribution in [0.5, 0.6) is 0 Å². The molecule has 0 aromatic carbocycles. The zero-order chi connectivity index (χ0) is 51.9. The van der Waals surface area contributed by atoms with E-state index >= 15 is 0 Å². The van der Waals surface area contributed by atoms with Crippen molar-refractivity contribution in [2.45, 2.75) is 185 Å². The van der Waals surface area contributed by atoms with Crippen LogP contribution >= 0.6 is 15.6 Å². The van der Waals surface area contributed by atoms with Gasteiger partial charge in [0.1, 0.15) is 43.2 Å². The molecule has 5 unspecified atom stereocenters. The van der Waals surface area contributed by atoms with Gasteiger partial charge in [-0.3, -0.25) is 23.2 Å². The zero-order valence-electron chi connectivity index (χ0n) is 41.0. The fraction of sp³-hybridized carbons (Fsp3) is 0.608. The second-order valence-electron chi connectivity index (χ2n) is 16.8. The third kappa shape index (κ3) is 34.9. The first-order valence-electron chi connectivity index (χ1n) is 24.5. The SMILES string of the molecule is CCCCC/C=C\C/C=C\C/C=C\C/C=C\C/C=C\CCC(=O)OC[C@H](COP(=O)(O)O[C@H]1C(O)C(O)C(O)[C@@H](OP(=O)(O)O)C1O)OC(=O)CCC/C=C\C/C=C\C/C=C\C/C=C\CCC[C@H](C)O. The van der Waals surface area contributed by atoms with E-state index in [0.717, 1.165) is 57.8 Å². The Hall–Kier alpha value is -3.38. The number of phosphoric acid groups is 2. The van der Waals surface area contributed by atoms with Gasteiger partial charge >= 0.3 is 27.6 Å². The van der Waals surface area contributed by atoms with Crippen LogP contribution in [0.3, 0.4) is 0 Å². The molecule has 9 atom stereocenters. The number of allylic oxidation sites excluding steroid dienone is 18. The molecule has 8 N–H and O–H groups in total. The van der Waals surface area contributed by atoms with E-state index in [2.05, 4.69) is 72.2 Å². The summed E-state index contributed by atoms with van der Waals surface area (Å²) in [4.78, 5) is 54.3. The number of aliphatic hydroxyl groups excluding tert-OH is 5. The normalized spacial score (nSPS) is 22.4. The molecule has 0 aliphatic heterocycles. The number of hydrogen-bond donors (Lipinski definition) is 8. The molecule has 1 rings (SSSR count). The molecular formula is C51H82O17P2. The molecule has 0 saturated heterocycles. The first kappa shape index (κ1) is 64.6. The van der Waals surface area contributed by atoms with Crippen LogP contribution in [0.4, 0.5) is 0 Å². The van der Waals surface area contributed by atoms with E-state index in [9.17, 15) is 58.9 Å². The molecular weight excluding hydrogens is 946 g/mol. The minimum atomic E-state index is -5.39. The van der Waals surface area contributed by atoms with E-state index in [1.165, 1.54) is 19.3 Å². The molecule has 0 aromatic heterocycles. The van der Waals surface area contributed by atoms with Crippen LogP contribution in [0.2, 0.25) is 0 Å². The summed E-state index contributed by atoms with van der Waals surface area (Å²) < 4.78 is 49.2. The van der Waals surface area contributed by atoms with Crippen molar-refractivity contribution in [1.82, 2.24) is 0 Å². The molecule has 1 saturated carbocycles. The van der Waals surface area contributed by atoms with Crippen LogP contribution < -0.4 is 0 Å². The lowest BCUT2D eigenvalue weighted by molar-refractivity contribution is -0.216. The molecule has 1 fully saturated rings. The molecule has 1 aliphatic rings. The fourth-order valence-corrected chi connectivity index (χ4v) is 8.09. The van der Waals surface area contributed by atoms with Gasteiger partial charge in [-0.1, -0.05) is 129 Å². The molecule has 1 aliphatic carbocycles. The monoisotopic (exact) mass is 1030 g/mol. The van der Waals surface area contributed by atoms with Gasteiger partial charge in [-0.2, -0.15) is 0 Å². The van der Waals surface area contributed by atoms with E-state index in [-0.39, 0.29) is 18.9 Å². The highest BCUT2D eigenvalue weighted by Gasteiger charge is 2.54. The van der Waals surface area contributed by atoms with E-state index in [1.807, 2.05) is 48.6 Å². The van der Waals surface area contributed by atoms with Crippen molar-refractivity contribution >= 4 is 27.6 Å². The van der Waals surface area contributed by atoms with Crippen LogP contribution in [0.1, 0.15) is 136 Å². The average Bonchev–Trinajstić information content (AvgIpc) is 3.30. The Balaban J connectivity index is 2.67. The van der Waals surface area contributed by atoms with Crippen molar-refractivity contribution in [1.29, 1.82) is 0 Å². The molecule has 0 bridgehead atoms. The van der Waals surface area contributed by atoms with Gasteiger partial charge in [0.05, 0.1) is 12.7 Å². The number of rotatable bonds is 39. The van der Waals surface area contributed by atoms with Gasteiger partial charge in [-0.25, -0.2) is 9.13 Å². The highest BCUT2D eigenvalue weighted by atomic mass is 31.2. The predicted octanol–water partition coefficient (Wildman–Crippen LogP) is 8.70. The van der Waals surface area contributed by atoms with Crippen molar-refractivity contribution in [2.24, 2.45) is 0 Å². The third-order valence-electron chi connectivity index (χ3n) is 10.4. The summed E-state index contributed by atoms with van der Waals surface area (Å²) in [5, 5.41) is 50.6. The van der Waals surface area contributed by atoms with E-state index < -0.39 is 83.5 Å². The first-order chi connectivity index (χ1) is 33.5. The van der Waals surface area contributed by atoms with Crippen molar-refractivity contribution in [3.05, 3.63) is 109 Å². The lowest BCUT2D eigenvalue weighted by Crippen LogP contribution is -2.64. The van der Waals surface area contributed by atoms with Crippen LogP contribution in [0.15, 0.2) is 109 Å². The summed E-state index contributed by atoms with van der Waals surface area (Å²) in [5.74, 6) is -1.40. The first-order valence-corrected chi connectivity index (χ1v) is 27.5. The summed E-state index contributed by atoms with van der Waals surface area (Å²) in [5.41, 5.74) is 0. The van der Waals surface area contributed by atoms with Crippen molar-refractivity contribution in [3.8, 4) is 0 Å². The largest absolute Gasteiger partial charge is 0.472 e. The Morgan fingerprint density at radius 1 is 0.514 bits per heavy atom. The molecule has 0 heterocycles. The van der Waals surface area contributed by atoms with Gasteiger partial charge in [0.25, 0.3) is 0 Å². The summed E-state index contributed by atoms with van der Waals surface area (Å²) in [7, 11) is -10.7. The smallest absolute Gasteiger partial charge is 0.462 e. The third-order valence-corrected chi connectivity index (χ3v) is 11.9. The molecule has 0 radical (unpaired) electrons. The van der Waals surface area contributed by atoms with Crippen LogP contribution in [0, 0.1) is 0 Å². The number of phosphoric ester groups is 2. The highest BCUT2D eigenvalue weighted by Crippen LogP contribution is 2.49. The minimum Gasteiger partial charge on any atom is -0.462 e. The Morgan fingerprint density at radius 2 is 0.943 bits per heavy atom. The molecule has 19 heteroatoms. The number of hydrogen-bond acceptors (Lipinski definition) is 14. The minimum absolute atomic E-state index is 0.0274. The number of esters is 2. The highest BCUT2D eigenvalue weighted by molar-refractivity contribution is 7.47. The predicted molar refractivity (Wildman–Crippen MR) is 270 cm³/mol. The summed E-state index contributed by atoms with van der Waals surface area (Å²) in [6.07, 6.45) is 36.2. The standard InChI is InChI=1S/C51H82O17P2/c1-3-4-5-6-7-8-9-10-11-12-13-14-17-20-23-26-29-32-35-38-44(53)64-40-43(41-65-70(62,63)68-51-48(57)46(55)47(56)50(49(51)58)67-69(59,60)61)66-45(54)39-36-33-30-27-24-21-18-15-16-19-22-25-28-31-34-37-42(2)52/h7-8,10-11,13-14,16,18-21,23,25,27-30,32,42-43,46-52,55-58H,3-6,9,12,15,17,22,24,26,31,33-41H2,1-2H3,(H,62,63)(H2,59,60,61)/b8-7-,11-10-,14-13-,19-16-,21-18-,23-20-,28-25-,30-27-,32-29-/t42-,43+,46?,47?,48?,49?,50+,51-/m0/s1. The Kier molecular flexibility index (Phi) is 37.1. The van der Waals surface area contributed by atoms with Crippen molar-refractivity contribution in [2.75, 3.05) is 13.2 Å². The van der Waals surface area contributed by atoms with Gasteiger partial charge in [-0.05, 0) is 103 Å². The maximum Gasteiger partial charge on any atom is 0.472 e. The summed E-state index contributed by atoms with van der Waals surface area (Å²) >= 11 is 0. The van der Waals surface area contributed by atoms with E-state index in [0.29, 0.717) is 32.1 Å². The molecule has 0 amide bonds. The lowest BCUT2D eigenvalue weighted by Gasteiger charge is -2.43. The second-order valence-corrected chi connectivity index (χ2v) is 19.3. The van der Waals surface area contributed by atoms with Crippen molar-refractivity contribution < 1.29 is 82.0 Å². The molecule has 70 heavy (non-hydrogen) atoms. The van der Waals surface area contributed by atoms with E-state index in [1.54, 1.807) is 6.92 Å². The molecule has 398 valence electrons. The molecule has 0 spiro atoms. The Bertz CT molecular complexity index is 1780. The number of carbonyl (C=O) groups excluding carboxylic acids is 2. The lowest BCUT2D eigenvalue weighted by atomic mass is 9.85. The molecule has 17 nitrogen and oxygen atoms in total. The maximum atomic E-state index is 13.0. The summed E-state index contributed by atoms with van der Waals surface area (Å²) in [6, 6.07) is 0. The van der Waals surface area contributed by atoms with Gasteiger partial charge in [0.2, 0.25) is 0 Å². The Labute approximate surface area is 415 Å². The Morgan fingerprint density at radius 3 is 1.40 bits per heavy atom. The number of unbranched alkanes of at least 4 members (excludes halogenated alkanes) is 5. The topological polar surface area (TPSA) is 276 Å². The van der Waals surface area contributed by atoms with Gasteiger partial charge < -0.3 is 49.7 Å². The quantitative estimate of drug-likeness (QED) is 0.0124. The average molecular weight is 1030 g/mol. The maximum absolute atomic E-state index is 13.0. The molecule has 0 aromatic rings. The van der Waals surface area contributed by atoms with Gasteiger partial charge in [-0.15, -0.1) is 0 Å². The summed E-state index contributed by atoms with van der Waals surface area (Å²) in [6.45, 7) is 2.51. The van der Waals surface area contributed by atoms with Crippen LogP contribution in [-0.4, -0.2) is 114 Å². The zero-order valence-corrected chi connectivity index (χ0v) is 42.8. The number of carbonyl (C=O) groups is 2. The van der Waals surface area contributed by atoms with Crippen LogP contribution in [0.25, 0.3) is 0 Å². The van der Waals surface area contributed by atoms with E-state index in [4.69, 9.17) is 18.5 Å². The van der Waals surface area contributed by atoms with Gasteiger partial charge in [0.15, 0.2) is 6.10 Å².